The zero-order valence-electron chi connectivity index (χ0n) is 14.2. The number of carbonyl (C=O) groups excluding carboxylic acids is 2. The van der Waals surface area contributed by atoms with E-state index in [0.29, 0.717) is 29.4 Å². The van der Waals surface area contributed by atoms with Crippen LogP contribution in [0.4, 0.5) is 0 Å². The lowest BCUT2D eigenvalue weighted by Crippen LogP contribution is -2.19. The SMILES string of the molecule is CCOc1ccc(OCC(=O)OCC(=O)c2ccc3c(c2)OCO3)cc1. The third kappa shape index (κ3) is 4.44. The van der Waals surface area contributed by atoms with Crippen molar-refractivity contribution in [2.24, 2.45) is 0 Å². The number of Topliss-reactive ketones (excluding diaryl/α,β-unsaturated/α-hetero) is 1. The number of benzene rings is 2. The highest BCUT2D eigenvalue weighted by Crippen LogP contribution is 2.32. The van der Waals surface area contributed by atoms with E-state index in [4.69, 9.17) is 23.7 Å². The molecule has 2 aromatic carbocycles. The van der Waals surface area contributed by atoms with Gasteiger partial charge in [-0.05, 0) is 49.4 Å². The minimum absolute atomic E-state index is 0.130. The van der Waals surface area contributed by atoms with Crippen LogP contribution in [0.1, 0.15) is 17.3 Å². The van der Waals surface area contributed by atoms with Crippen molar-refractivity contribution in [2.45, 2.75) is 6.92 Å². The van der Waals surface area contributed by atoms with Gasteiger partial charge in [-0.1, -0.05) is 0 Å². The Balaban J connectivity index is 1.44. The van der Waals surface area contributed by atoms with E-state index in [1.807, 2.05) is 6.92 Å². The number of ketones is 1. The average molecular weight is 358 g/mol. The topological polar surface area (TPSA) is 80.3 Å². The lowest BCUT2D eigenvalue weighted by atomic mass is 10.1. The van der Waals surface area contributed by atoms with Crippen molar-refractivity contribution in [1.29, 1.82) is 0 Å². The smallest absolute Gasteiger partial charge is 0.344 e. The molecule has 26 heavy (non-hydrogen) atoms. The van der Waals surface area contributed by atoms with E-state index in [2.05, 4.69) is 0 Å². The third-order valence-electron chi connectivity index (χ3n) is 3.55. The molecular formula is C19H18O7. The first-order valence-electron chi connectivity index (χ1n) is 8.10. The summed E-state index contributed by atoms with van der Waals surface area (Å²) in [5.74, 6) is 1.35. The second-order valence-electron chi connectivity index (χ2n) is 5.34. The summed E-state index contributed by atoms with van der Waals surface area (Å²) in [7, 11) is 0. The summed E-state index contributed by atoms with van der Waals surface area (Å²) >= 11 is 0. The standard InChI is InChI=1S/C19H18O7/c1-2-22-14-4-6-15(7-5-14)23-11-19(21)24-10-16(20)13-3-8-17-18(9-13)26-12-25-17/h3-9H,2,10-12H2,1H3. The van der Waals surface area contributed by atoms with Gasteiger partial charge >= 0.3 is 5.97 Å². The summed E-state index contributed by atoms with van der Waals surface area (Å²) < 4.78 is 26.0. The zero-order chi connectivity index (χ0) is 18.4. The maximum Gasteiger partial charge on any atom is 0.344 e. The van der Waals surface area contributed by atoms with Gasteiger partial charge in [-0.15, -0.1) is 0 Å². The van der Waals surface area contributed by atoms with Gasteiger partial charge < -0.3 is 23.7 Å². The van der Waals surface area contributed by atoms with E-state index in [9.17, 15) is 9.59 Å². The van der Waals surface area contributed by atoms with Crippen molar-refractivity contribution in [3.63, 3.8) is 0 Å². The van der Waals surface area contributed by atoms with Crippen molar-refractivity contribution in [3.05, 3.63) is 48.0 Å². The molecule has 7 heteroatoms. The largest absolute Gasteiger partial charge is 0.494 e. The molecule has 0 amide bonds. The van der Waals surface area contributed by atoms with Crippen LogP contribution in [0, 0.1) is 0 Å². The highest BCUT2D eigenvalue weighted by atomic mass is 16.7. The number of fused-ring (bicyclic) bond motifs is 1. The van der Waals surface area contributed by atoms with Crippen LogP contribution in [0.3, 0.4) is 0 Å². The van der Waals surface area contributed by atoms with Crippen LogP contribution in [0.2, 0.25) is 0 Å². The second-order valence-corrected chi connectivity index (χ2v) is 5.34. The Kier molecular flexibility index (Phi) is 5.58. The molecule has 1 aliphatic rings. The number of esters is 1. The maximum absolute atomic E-state index is 12.1. The van der Waals surface area contributed by atoms with Crippen LogP contribution >= 0.6 is 0 Å². The van der Waals surface area contributed by atoms with E-state index >= 15 is 0 Å². The Morgan fingerprint density at radius 2 is 1.62 bits per heavy atom. The monoisotopic (exact) mass is 358 g/mol. The molecule has 0 N–H and O–H groups in total. The van der Waals surface area contributed by atoms with Gasteiger partial charge in [0, 0.05) is 5.56 Å². The van der Waals surface area contributed by atoms with Gasteiger partial charge in [0.1, 0.15) is 11.5 Å². The van der Waals surface area contributed by atoms with Crippen molar-refractivity contribution in [3.8, 4) is 23.0 Å². The first kappa shape index (κ1) is 17.6. The molecule has 1 aliphatic heterocycles. The Hall–Kier alpha value is -3.22. The van der Waals surface area contributed by atoms with E-state index in [-0.39, 0.29) is 25.8 Å². The van der Waals surface area contributed by atoms with E-state index < -0.39 is 5.97 Å². The predicted molar refractivity (Wildman–Crippen MR) is 91.0 cm³/mol. The van der Waals surface area contributed by atoms with E-state index in [1.54, 1.807) is 42.5 Å². The normalized spacial score (nSPS) is 11.7. The Morgan fingerprint density at radius 1 is 0.923 bits per heavy atom. The van der Waals surface area contributed by atoms with Gasteiger partial charge in [-0.2, -0.15) is 0 Å². The summed E-state index contributed by atoms with van der Waals surface area (Å²) in [6.07, 6.45) is 0. The van der Waals surface area contributed by atoms with Crippen LogP contribution < -0.4 is 18.9 Å². The first-order chi connectivity index (χ1) is 12.7. The molecule has 2 aromatic rings. The van der Waals surface area contributed by atoms with Crippen molar-refractivity contribution in [2.75, 3.05) is 26.6 Å². The van der Waals surface area contributed by atoms with Crippen molar-refractivity contribution >= 4 is 11.8 Å². The molecule has 0 atom stereocenters. The maximum atomic E-state index is 12.1. The second kappa shape index (κ2) is 8.24. The summed E-state index contributed by atoms with van der Waals surface area (Å²) in [6, 6.07) is 11.7. The highest BCUT2D eigenvalue weighted by Gasteiger charge is 2.17. The van der Waals surface area contributed by atoms with Gasteiger partial charge in [0.2, 0.25) is 6.79 Å². The zero-order valence-corrected chi connectivity index (χ0v) is 14.2. The lowest BCUT2D eigenvalue weighted by Gasteiger charge is -2.08. The molecule has 0 saturated carbocycles. The van der Waals surface area contributed by atoms with Gasteiger partial charge in [-0.25, -0.2) is 4.79 Å². The molecule has 7 nitrogen and oxygen atoms in total. The molecule has 3 rings (SSSR count). The van der Waals surface area contributed by atoms with Crippen LogP contribution in [-0.2, 0) is 9.53 Å². The Labute approximate surface area is 150 Å². The highest BCUT2D eigenvalue weighted by molar-refractivity contribution is 5.98. The van der Waals surface area contributed by atoms with Crippen LogP contribution in [-0.4, -0.2) is 38.4 Å². The summed E-state index contributed by atoms with van der Waals surface area (Å²) in [6.45, 7) is 1.94. The van der Waals surface area contributed by atoms with Crippen LogP contribution in [0.5, 0.6) is 23.0 Å². The third-order valence-corrected chi connectivity index (χ3v) is 3.55. The fourth-order valence-corrected chi connectivity index (χ4v) is 2.28. The molecular weight excluding hydrogens is 340 g/mol. The summed E-state index contributed by atoms with van der Waals surface area (Å²) in [5.41, 5.74) is 0.384. The van der Waals surface area contributed by atoms with E-state index in [1.165, 1.54) is 0 Å². The molecule has 0 aromatic heterocycles. The average Bonchev–Trinajstić information content (AvgIpc) is 3.13. The van der Waals surface area contributed by atoms with Gasteiger partial charge in [0.05, 0.1) is 6.61 Å². The van der Waals surface area contributed by atoms with Crippen molar-refractivity contribution < 1.29 is 33.3 Å². The Bertz CT molecular complexity index is 783. The molecule has 0 fully saturated rings. The summed E-state index contributed by atoms with van der Waals surface area (Å²) in [5, 5.41) is 0. The molecule has 0 radical (unpaired) electrons. The van der Waals surface area contributed by atoms with Crippen LogP contribution in [0.25, 0.3) is 0 Å². The molecule has 0 saturated heterocycles. The summed E-state index contributed by atoms with van der Waals surface area (Å²) in [4.78, 5) is 23.8. The fraction of sp³-hybridized carbons (Fsp3) is 0.263. The molecule has 0 spiro atoms. The molecule has 0 aliphatic carbocycles. The number of carbonyl (C=O) groups is 2. The first-order valence-corrected chi connectivity index (χ1v) is 8.10. The molecule has 136 valence electrons. The van der Waals surface area contributed by atoms with Gasteiger partial charge in [0.25, 0.3) is 0 Å². The minimum atomic E-state index is -0.632. The molecule has 0 bridgehead atoms. The van der Waals surface area contributed by atoms with Crippen molar-refractivity contribution in [1.82, 2.24) is 0 Å². The van der Waals surface area contributed by atoms with Gasteiger partial charge in [0.15, 0.2) is 30.5 Å². The quantitative estimate of drug-likeness (QED) is 0.530. The van der Waals surface area contributed by atoms with E-state index in [0.717, 1.165) is 5.75 Å². The number of hydrogen-bond donors (Lipinski definition) is 0. The van der Waals surface area contributed by atoms with Crippen LogP contribution in [0.15, 0.2) is 42.5 Å². The number of ether oxygens (including phenoxy) is 5. The number of rotatable bonds is 8. The Morgan fingerprint density at radius 3 is 2.35 bits per heavy atom. The molecule has 1 heterocycles. The lowest BCUT2D eigenvalue weighted by molar-refractivity contribution is -0.144. The fourth-order valence-electron chi connectivity index (χ4n) is 2.28. The number of hydrogen-bond acceptors (Lipinski definition) is 7. The molecule has 0 unspecified atom stereocenters. The van der Waals surface area contributed by atoms with Gasteiger partial charge in [-0.3, -0.25) is 4.79 Å². The predicted octanol–water partition coefficient (Wildman–Crippen LogP) is 2.62. The minimum Gasteiger partial charge on any atom is -0.494 e.